The second kappa shape index (κ2) is 18.2. The van der Waals surface area contributed by atoms with Crippen molar-refractivity contribution >= 4 is 58.4 Å². The molecule has 0 aliphatic carbocycles. The fourth-order valence-corrected chi connectivity index (χ4v) is 6.12. The van der Waals surface area contributed by atoms with Crippen molar-refractivity contribution in [2.45, 2.75) is 83.5 Å². The molecule has 2 bridgehead atoms. The Balaban J connectivity index is 0.00000245. The van der Waals surface area contributed by atoms with E-state index in [0.29, 0.717) is 32.0 Å². The first-order valence-corrected chi connectivity index (χ1v) is 15.5. The Morgan fingerprint density at radius 2 is 1.54 bits per heavy atom. The Morgan fingerprint density at radius 1 is 0.935 bits per heavy atom. The molecule has 13 nitrogen and oxygen atoms in total. The molecule has 260 valence electrons. The summed E-state index contributed by atoms with van der Waals surface area (Å²) in [6.07, 6.45) is 7.20. The van der Waals surface area contributed by atoms with Gasteiger partial charge in [-0.25, -0.2) is 14.8 Å². The summed E-state index contributed by atoms with van der Waals surface area (Å²) in [5, 5.41) is 2.63. The lowest BCUT2D eigenvalue weighted by atomic mass is 9.96. The molecule has 5 atom stereocenters. The van der Waals surface area contributed by atoms with Gasteiger partial charge >= 0.3 is 6.09 Å². The average Bonchev–Trinajstić information content (AvgIpc) is 3.82. The van der Waals surface area contributed by atoms with E-state index in [1.165, 1.54) is 7.11 Å². The van der Waals surface area contributed by atoms with Gasteiger partial charge in [-0.3, -0.25) is 9.59 Å². The number of hydrogen-bond acceptors (Lipinski definition) is 8. The molecule has 3 amide bonds. The Bertz CT molecular complexity index is 1280. The van der Waals surface area contributed by atoms with Crippen LogP contribution < -0.4 is 5.32 Å². The number of fused-ring (bicyclic) bond motifs is 4. The third-order valence-corrected chi connectivity index (χ3v) is 8.92. The van der Waals surface area contributed by atoms with E-state index in [-0.39, 0.29) is 82.8 Å². The van der Waals surface area contributed by atoms with E-state index in [1.54, 1.807) is 17.3 Å². The highest BCUT2D eigenvalue weighted by Gasteiger charge is 2.38. The zero-order valence-electron chi connectivity index (χ0n) is 27.1. The topological polar surface area (TPSA) is 155 Å². The average molecular weight is 702 g/mol. The van der Waals surface area contributed by atoms with Gasteiger partial charge in [-0.15, -0.1) is 0 Å². The predicted octanol–water partition coefficient (Wildman–Crippen LogP) is 3.73. The van der Waals surface area contributed by atoms with Gasteiger partial charge in [0.15, 0.2) is 0 Å². The Labute approximate surface area is 292 Å². The summed E-state index contributed by atoms with van der Waals surface area (Å²) >= 11 is 0. The van der Waals surface area contributed by atoms with Crippen molar-refractivity contribution in [1.82, 2.24) is 35.1 Å². The number of hydrogen-bond donors (Lipinski definition) is 3. The molecule has 3 aliphatic rings. The second-order valence-electron chi connectivity index (χ2n) is 12.1. The quantitative estimate of drug-likeness (QED) is 0.426. The first-order chi connectivity index (χ1) is 20.8. The lowest BCUT2D eigenvalue weighted by Crippen LogP contribution is -2.50. The SMILES string of the molecule is COC(=O)N[C@H]1COCCCCOC(c2cnc([C@@H]3CCCN3C(=O)[C@@H](C)C(C)C)[nH]2)c2cnc([nH]2)[C@@H]2CCCN2C1=O.S.S.S. The number of carbonyl (C=O) groups excluding carboxylic acids is 3. The van der Waals surface area contributed by atoms with Crippen LogP contribution in [0.15, 0.2) is 12.4 Å². The Kier molecular flexibility index (Phi) is 15.8. The van der Waals surface area contributed by atoms with Gasteiger partial charge in [0.1, 0.15) is 23.8 Å². The van der Waals surface area contributed by atoms with Crippen LogP contribution in [0.5, 0.6) is 0 Å². The summed E-state index contributed by atoms with van der Waals surface area (Å²) in [6, 6.07) is -1.22. The van der Waals surface area contributed by atoms with Gasteiger partial charge in [-0.1, -0.05) is 20.8 Å². The molecule has 5 heterocycles. The van der Waals surface area contributed by atoms with Crippen molar-refractivity contribution in [2.75, 3.05) is 40.0 Å². The number of nitrogens with zero attached hydrogens (tertiary/aromatic N) is 4. The number of carbonyl (C=O) groups is 3. The summed E-state index contributed by atoms with van der Waals surface area (Å²) in [5.41, 5.74) is 1.54. The first kappa shape index (κ1) is 39.8. The van der Waals surface area contributed by atoms with E-state index < -0.39 is 18.2 Å². The van der Waals surface area contributed by atoms with Crippen LogP contribution in [0.25, 0.3) is 0 Å². The maximum Gasteiger partial charge on any atom is 0.407 e. The molecule has 16 heteroatoms. The zero-order valence-corrected chi connectivity index (χ0v) is 30.1. The van der Waals surface area contributed by atoms with E-state index in [9.17, 15) is 14.4 Å². The number of alkyl carbamates (subject to hydrolysis) is 1. The van der Waals surface area contributed by atoms with Gasteiger partial charge in [0, 0.05) is 32.2 Å². The van der Waals surface area contributed by atoms with Gasteiger partial charge in [-0.05, 0) is 44.4 Å². The second-order valence-corrected chi connectivity index (χ2v) is 12.1. The number of H-pyrrole nitrogens is 2. The number of amides is 3. The van der Waals surface area contributed by atoms with Gasteiger partial charge in [0.05, 0.1) is 49.6 Å². The Hall–Kier alpha value is -2.40. The van der Waals surface area contributed by atoms with E-state index in [0.717, 1.165) is 55.9 Å². The molecule has 0 saturated carbocycles. The summed E-state index contributed by atoms with van der Waals surface area (Å²) < 4.78 is 17.0. The number of methoxy groups -OCH3 is 1. The number of likely N-dealkylation sites (tertiary alicyclic amines) is 1. The molecule has 2 saturated heterocycles. The molecule has 2 aromatic rings. The van der Waals surface area contributed by atoms with Crippen LogP contribution in [0.2, 0.25) is 0 Å². The molecule has 3 aliphatic heterocycles. The number of nitrogens with one attached hydrogen (secondary N) is 3. The standard InChI is InChI=1S/C30H45N7O6.3H2S/c1-18(2)19(3)28(38)36-11-7-9-23(36)26-31-15-20(33-26)25-21-16-32-27(34-21)24-10-8-12-37(24)29(39)22(35-30(40)41-4)17-42-13-5-6-14-43-25;;;/h15-16,18-19,22-25H,5-14,17H2,1-4H3,(H,31,33)(H,32,34)(H,35,40);3*1H2/t19-,22-,23-,24-,25?;;;/m0.../s1. The fraction of sp³-hybridized carbons (Fsp3) is 0.700. The third-order valence-electron chi connectivity index (χ3n) is 8.92. The minimum absolute atomic E-state index is 0. The van der Waals surface area contributed by atoms with E-state index in [4.69, 9.17) is 19.2 Å². The predicted molar refractivity (Wildman–Crippen MR) is 187 cm³/mol. The van der Waals surface area contributed by atoms with Gasteiger partial charge in [0.2, 0.25) is 11.8 Å². The Morgan fingerprint density at radius 3 is 2.20 bits per heavy atom. The molecular weight excluding hydrogens is 651 g/mol. The molecule has 1 unspecified atom stereocenters. The van der Waals surface area contributed by atoms with Crippen molar-refractivity contribution in [3.05, 3.63) is 35.4 Å². The molecule has 0 radical (unpaired) electrons. The van der Waals surface area contributed by atoms with E-state index in [1.807, 2.05) is 11.8 Å². The lowest BCUT2D eigenvalue weighted by Gasteiger charge is -2.28. The molecule has 46 heavy (non-hydrogen) atoms. The van der Waals surface area contributed by atoms with Crippen molar-refractivity contribution in [2.24, 2.45) is 11.8 Å². The maximum absolute atomic E-state index is 13.6. The summed E-state index contributed by atoms with van der Waals surface area (Å²) in [7, 11) is 1.27. The largest absolute Gasteiger partial charge is 0.453 e. The number of aromatic amines is 2. The van der Waals surface area contributed by atoms with E-state index in [2.05, 4.69) is 34.1 Å². The molecule has 3 N–H and O–H groups in total. The van der Waals surface area contributed by atoms with E-state index >= 15 is 0 Å². The normalized spacial score (nSPS) is 24.4. The number of aromatic nitrogens is 4. The van der Waals surface area contributed by atoms with Crippen molar-refractivity contribution in [3.8, 4) is 0 Å². The number of imidazole rings is 2. The maximum atomic E-state index is 13.6. The van der Waals surface area contributed by atoms with Crippen LogP contribution in [0.3, 0.4) is 0 Å². The molecular formula is C30H51N7O6S3. The highest BCUT2D eigenvalue weighted by Crippen LogP contribution is 2.36. The number of ether oxygens (including phenoxy) is 3. The first-order valence-electron chi connectivity index (χ1n) is 15.5. The molecule has 2 aromatic heterocycles. The van der Waals surface area contributed by atoms with Crippen LogP contribution in [0, 0.1) is 11.8 Å². The van der Waals surface area contributed by atoms with Crippen LogP contribution in [0.4, 0.5) is 4.79 Å². The molecule has 0 spiro atoms. The molecule has 0 aromatic carbocycles. The van der Waals surface area contributed by atoms with Crippen molar-refractivity contribution in [1.29, 1.82) is 0 Å². The number of rotatable bonds is 5. The summed E-state index contributed by atoms with van der Waals surface area (Å²) in [5.74, 6) is 1.58. The minimum Gasteiger partial charge on any atom is -0.453 e. The lowest BCUT2D eigenvalue weighted by molar-refractivity contribution is -0.137. The van der Waals surface area contributed by atoms with Gasteiger partial charge in [0.25, 0.3) is 0 Å². The van der Waals surface area contributed by atoms with Crippen LogP contribution in [-0.2, 0) is 23.8 Å². The molecule has 5 rings (SSSR count). The third kappa shape index (κ3) is 8.94. The summed E-state index contributed by atoms with van der Waals surface area (Å²) in [4.78, 5) is 58.8. The van der Waals surface area contributed by atoms with Gasteiger partial charge in [-0.2, -0.15) is 40.5 Å². The fourth-order valence-electron chi connectivity index (χ4n) is 6.12. The highest BCUT2D eigenvalue weighted by molar-refractivity contribution is 7.59. The smallest absolute Gasteiger partial charge is 0.407 e. The minimum atomic E-state index is -0.856. The van der Waals surface area contributed by atoms with Crippen LogP contribution in [-0.4, -0.2) is 93.7 Å². The highest BCUT2D eigenvalue weighted by atomic mass is 32.1. The van der Waals surface area contributed by atoms with Crippen molar-refractivity contribution in [3.63, 3.8) is 0 Å². The van der Waals surface area contributed by atoms with Gasteiger partial charge < -0.3 is 39.3 Å². The van der Waals surface area contributed by atoms with Crippen LogP contribution >= 0.6 is 40.5 Å². The monoisotopic (exact) mass is 701 g/mol. The van der Waals surface area contributed by atoms with Crippen LogP contribution in [0.1, 0.15) is 101 Å². The van der Waals surface area contributed by atoms with Crippen molar-refractivity contribution < 1.29 is 28.6 Å². The molecule has 2 fully saturated rings. The zero-order chi connectivity index (χ0) is 30.5. The summed E-state index contributed by atoms with van der Waals surface area (Å²) in [6.45, 7) is 8.38.